The standard InChI is InChI=1S/C23H26N6O/c1-17-18(2)26-23(20-10-6-7-11-24-20)27-22(17)25-16-21(30)29-14-12-28(13-15-29)19-8-4-3-5-9-19/h3-11H,12-16H2,1-2H3,(H,25,26,27). The van der Waals surface area contributed by atoms with Crippen molar-refractivity contribution >= 4 is 17.4 Å². The van der Waals surface area contributed by atoms with Crippen molar-refractivity contribution in [2.45, 2.75) is 13.8 Å². The summed E-state index contributed by atoms with van der Waals surface area (Å²) in [6, 6.07) is 16.0. The highest BCUT2D eigenvalue weighted by atomic mass is 16.2. The molecule has 1 N–H and O–H groups in total. The second kappa shape index (κ2) is 8.90. The van der Waals surface area contributed by atoms with Gasteiger partial charge in [0.15, 0.2) is 5.82 Å². The van der Waals surface area contributed by atoms with Gasteiger partial charge in [0.2, 0.25) is 5.91 Å². The average molecular weight is 403 g/mol. The van der Waals surface area contributed by atoms with Crippen LogP contribution in [0.4, 0.5) is 11.5 Å². The molecule has 7 heteroatoms. The fourth-order valence-electron chi connectivity index (χ4n) is 3.53. The highest BCUT2D eigenvalue weighted by Gasteiger charge is 2.21. The van der Waals surface area contributed by atoms with Crippen molar-refractivity contribution in [3.05, 3.63) is 66.0 Å². The van der Waals surface area contributed by atoms with Gasteiger partial charge in [-0.2, -0.15) is 0 Å². The molecule has 1 aliphatic heterocycles. The monoisotopic (exact) mass is 402 g/mol. The van der Waals surface area contributed by atoms with Gasteiger partial charge in [-0.1, -0.05) is 24.3 Å². The molecule has 2 aromatic heterocycles. The van der Waals surface area contributed by atoms with Crippen LogP contribution >= 0.6 is 0 Å². The molecule has 1 amide bonds. The van der Waals surface area contributed by atoms with Gasteiger partial charge in [-0.15, -0.1) is 0 Å². The smallest absolute Gasteiger partial charge is 0.242 e. The van der Waals surface area contributed by atoms with Gasteiger partial charge >= 0.3 is 0 Å². The van der Waals surface area contributed by atoms with Crippen molar-refractivity contribution in [2.75, 3.05) is 42.9 Å². The minimum Gasteiger partial charge on any atom is -0.368 e. The summed E-state index contributed by atoms with van der Waals surface area (Å²) in [7, 11) is 0. The molecule has 0 saturated carbocycles. The van der Waals surface area contributed by atoms with Gasteiger partial charge in [0, 0.05) is 49.3 Å². The van der Waals surface area contributed by atoms with Crippen LogP contribution in [-0.4, -0.2) is 58.5 Å². The van der Waals surface area contributed by atoms with Gasteiger partial charge in [-0.05, 0) is 38.1 Å². The minimum absolute atomic E-state index is 0.0813. The minimum atomic E-state index is 0.0813. The molecule has 1 saturated heterocycles. The zero-order chi connectivity index (χ0) is 20.9. The van der Waals surface area contributed by atoms with Crippen LogP contribution in [0.1, 0.15) is 11.3 Å². The predicted molar refractivity (Wildman–Crippen MR) is 118 cm³/mol. The fraction of sp³-hybridized carbons (Fsp3) is 0.304. The number of benzene rings is 1. The molecule has 0 unspecified atom stereocenters. The van der Waals surface area contributed by atoms with Crippen LogP contribution in [0.25, 0.3) is 11.5 Å². The maximum absolute atomic E-state index is 12.8. The Morgan fingerprint density at radius 3 is 2.40 bits per heavy atom. The Morgan fingerprint density at radius 2 is 1.70 bits per heavy atom. The third-order valence-electron chi connectivity index (χ3n) is 5.44. The van der Waals surface area contributed by atoms with Crippen molar-refractivity contribution < 1.29 is 4.79 Å². The van der Waals surface area contributed by atoms with Crippen LogP contribution < -0.4 is 10.2 Å². The number of anilines is 2. The Bertz CT molecular complexity index is 1000. The first kappa shape index (κ1) is 19.8. The Morgan fingerprint density at radius 1 is 0.967 bits per heavy atom. The van der Waals surface area contributed by atoms with Gasteiger partial charge in [-0.25, -0.2) is 9.97 Å². The molecule has 7 nitrogen and oxygen atoms in total. The number of para-hydroxylation sites is 1. The van der Waals surface area contributed by atoms with Crippen LogP contribution in [0, 0.1) is 13.8 Å². The van der Waals surface area contributed by atoms with Gasteiger partial charge < -0.3 is 15.1 Å². The van der Waals surface area contributed by atoms with E-state index in [9.17, 15) is 4.79 Å². The van der Waals surface area contributed by atoms with Crippen LogP contribution in [0.5, 0.6) is 0 Å². The predicted octanol–water partition coefficient (Wildman–Crippen LogP) is 2.92. The van der Waals surface area contributed by atoms with E-state index in [1.54, 1.807) is 6.20 Å². The number of nitrogens with zero attached hydrogens (tertiary/aromatic N) is 5. The molecule has 1 aliphatic rings. The van der Waals surface area contributed by atoms with Crippen molar-refractivity contribution in [3.63, 3.8) is 0 Å². The molecule has 0 radical (unpaired) electrons. The third kappa shape index (κ3) is 4.40. The summed E-state index contributed by atoms with van der Waals surface area (Å²) in [4.78, 5) is 30.5. The van der Waals surface area contributed by atoms with E-state index in [2.05, 4.69) is 37.3 Å². The van der Waals surface area contributed by atoms with E-state index >= 15 is 0 Å². The summed E-state index contributed by atoms with van der Waals surface area (Å²) in [6.45, 7) is 7.23. The van der Waals surface area contributed by atoms with Crippen molar-refractivity contribution in [1.82, 2.24) is 19.9 Å². The second-order valence-electron chi connectivity index (χ2n) is 7.38. The molecule has 0 atom stereocenters. The molecular weight excluding hydrogens is 376 g/mol. The van der Waals surface area contributed by atoms with Crippen LogP contribution in [0.2, 0.25) is 0 Å². The van der Waals surface area contributed by atoms with E-state index in [0.717, 1.165) is 37.4 Å². The number of carbonyl (C=O) groups excluding carboxylic acids is 1. The summed E-state index contributed by atoms with van der Waals surface area (Å²) >= 11 is 0. The lowest BCUT2D eigenvalue weighted by molar-refractivity contribution is -0.129. The van der Waals surface area contributed by atoms with Crippen molar-refractivity contribution in [3.8, 4) is 11.5 Å². The van der Waals surface area contributed by atoms with E-state index in [0.29, 0.717) is 17.3 Å². The zero-order valence-corrected chi connectivity index (χ0v) is 17.4. The van der Waals surface area contributed by atoms with Crippen LogP contribution in [0.15, 0.2) is 54.7 Å². The van der Waals surface area contributed by atoms with Gasteiger partial charge in [0.05, 0.1) is 6.54 Å². The fourth-order valence-corrected chi connectivity index (χ4v) is 3.53. The zero-order valence-electron chi connectivity index (χ0n) is 17.4. The molecule has 3 aromatic rings. The number of aromatic nitrogens is 3. The SMILES string of the molecule is Cc1nc(-c2ccccn2)nc(NCC(=O)N2CCN(c3ccccc3)CC2)c1C. The Balaban J connectivity index is 1.38. The third-order valence-corrected chi connectivity index (χ3v) is 5.44. The molecule has 30 heavy (non-hydrogen) atoms. The Kier molecular flexibility index (Phi) is 5.88. The number of piperazine rings is 1. The quantitative estimate of drug-likeness (QED) is 0.707. The number of hydrogen-bond acceptors (Lipinski definition) is 6. The topological polar surface area (TPSA) is 74.2 Å². The van der Waals surface area contributed by atoms with E-state index in [4.69, 9.17) is 0 Å². The van der Waals surface area contributed by atoms with Gasteiger partial charge in [0.1, 0.15) is 11.5 Å². The Hall–Kier alpha value is -3.48. The number of nitrogens with one attached hydrogen (secondary N) is 1. The number of pyridine rings is 1. The first-order valence-electron chi connectivity index (χ1n) is 10.2. The van der Waals surface area contributed by atoms with Crippen LogP contribution in [-0.2, 0) is 4.79 Å². The normalized spacial score (nSPS) is 13.9. The summed E-state index contributed by atoms with van der Waals surface area (Å²) in [5.74, 6) is 1.32. The number of aryl methyl sites for hydroxylation is 1. The lowest BCUT2D eigenvalue weighted by Crippen LogP contribution is -2.50. The summed E-state index contributed by atoms with van der Waals surface area (Å²) in [5.41, 5.74) is 3.73. The number of rotatable bonds is 5. The molecular formula is C23H26N6O. The number of hydrogen-bond donors (Lipinski definition) is 1. The molecule has 3 heterocycles. The molecule has 1 aromatic carbocycles. The Labute approximate surface area is 176 Å². The molecule has 0 aliphatic carbocycles. The van der Waals surface area contributed by atoms with E-state index in [-0.39, 0.29) is 12.5 Å². The number of amides is 1. The maximum atomic E-state index is 12.8. The molecule has 1 fully saturated rings. The van der Waals surface area contributed by atoms with Crippen molar-refractivity contribution in [1.29, 1.82) is 0 Å². The lowest BCUT2D eigenvalue weighted by Gasteiger charge is -2.36. The van der Waals surface area contributed by atoms with E-state index in [1.165, 1.54) is 5.69 Å². The maximum Gasteiger partial charge on any atom is 0.242 e. The van der Waals surface area contributed by atoms with Crippen molar-refractivity contribution in [2.24, 2.45) is 0 Å². The summed E-state index contributed by atoms with van der Waals surface area (Å²) < 4.78 is 0. The molecule has 0 spiro atoms. The van der Waals surface area contributed by atoms with E-state index in [1.807, 2.05) is 55.1 Å². The average Bonchev–Trinajstić information content (AvgIpc) is 2.81. The highest BCUT2D eigenvalue weighted by molar-refractivity contribution is 5.81. The molecule has 154 valence electrons. The van der Waals surface area contributed by atoms with E-state index < -0.39 is 0 Å². The summed E-state index contributed by atoms with van der Waals surface area (Å²) in [5, 5.41) is 3.22. The highest BCUT2D eigenvalue weighted by Crippen LogP contribution is 2.20. The van der Waals surface area contributed by atoms with Gasteiger partial charge in [-0.3, -0.25) is 9.78 Å². The number of carbonyl (C=O) groups is 1. The van der Waals surface area contributed by atoms with Gasteiger partial charge in [0.25, 0.3) is 0 Å². The largest absolute Gasteiger partial charge is 0.368 e. The summed E-state index contributed by atoms with van der Waals surface area (Å²) in [6.07, 6.45) is 1.72. The second-order valence-corrected chi connectivity index (χ2v) is 7.38. The van der Waals surface area contributed by atoms with Crippen LogP contribution in [0.3, 0.4) is 0 Å². The molecule has 4 rings (SSSR count). The lowest BCUT2D eigenvalue weighted by atomic mass is 10.2. The molecule has 0 bridgehead atoms. The first-order chi connectivity index (χ1) is 14.6. The first-order valence-corrected chi connectivity index (χ1v) is 10.2.